The molecule has 0 saturated carbocycles. The van der Waals surface area contributed by atoms with Gasteiger partial charge in [0, 0.05) is 23.7 Å². The van der Waals surface area contributed by atoms with E-state index < -0.39 is 11.5 Å². The third kappa shape index (κ3) is 8.78. The lowest BCUT2D eigenvalue weighted by atomic mass is 10.0. The predicted octanol–water partition coefficient (Wildman–Crippen LogP) is 1.95. The Bertz CT molecular complexity index is 1690. The van der Waals surface area contributed by atoms with Gasteiger partial charge in [-0.3, -0.25) is 14.6 Å². The summed E-state index contributed by atoms with van der Waals surface area (Å²) in [6, 6.07) is 12.8. The smallest absolute Gasteiger partial charge is 0.354 e. The first-order chi connectivity index (χ1) is 21.0. The van der Waals surface area contributed by atoms with E-state index in [-0.39, 0.29) is 36.2 Å². The summed E-state index contributed by atoms with van der Waals surface area (Å²) in [5, 5.41) is 0.689. The molecule has 0 radical (unpaired) electrons. The molecule has 0 amide bonds. The first-order valence-electron chi connectivity index (χ1n) is 14.3. The number of rotatable bonds is 14. The van der Waals surface area contributed by atoms with Gasteiger partial charge in [0.05, 0.1) is 41.7 Å². The van der Waals surface area contributed by atoms with Crippen LogP contribution in [0.4, 0.5) is 4.39 Å². The standard InChI is InChI=1S/C30H38ClFN10O2/c1-17(33)3-2-4-19-11-23(26(32)24(31)12-19)25-13-20-15-42(30(43)41-27(20)40-25)21-7-5-18(6-8-21)16-44-22(14-39-29(36)37)9-10-38-28(34)35/h5-8,11-13,15,17,22H,2-4,9-10,14,16,33H2,1H3,(H4,34,35,38)(H4,36,37,39)(H,40,41,43)/p+1. The van der Waals surface area contributed by atoms with Crippen molar-refractivity contribution in [1.82, 2.24) is 14.5 Å². The fourth-order valence-electron chi connectivity index (χ4n) is 4.70. The second-order valence-corrected chi connectivity index (χ2v) is 11.2. The number of aromatic nitrogens is 3. The number of halogens is 2. The van der Waals surface area contributed by atoms with Crippen molar-refractivity contribution in [2.75, 3.05) is 13.1 Å². The fourth-order valence-corrected chi connectivity index (χ4v) is 4.95. The largest absolute Gasteiger partial charge is 0.372 e. The van der Waals surface area contributed by atoms with Crippen LogP contribution in [-0.4, -0.2) is 51.7 Å². The van der Waals surface area contributed by atoms with Gasteiger partial charge in [-0.25, -0.2) is 9.18 Å². The van der Waals surface area contributed by atoms with Gasteiger partial charge in [-0.05, 0) is 74.1 Å². The summed E-state index contributed by atoms with van der Waals surface area (Å²) in [7, 11) is 0. The molecule has 2 aromatic heterocycles. The number of aryl methyl sites for hydroxylation is 1. The molecule has 4 aromatic rings. The lowest BCUT2D eigenvalue weighted by Crippen LogP contribution is -2.58. The van der Waals surface area contributed by atoms with Gasteiger partial charge in [0.1, 0.15) is 5.65 Å². The van der Waals surface area contributed by atoms with Crippen molar-refractivity contribution in [3.05, 3.63) is 81.1 Å². The number of hydrogen-bond acceptors (Lipinski definition) is 5. The zero-order valence-electron chi connectivity index (χ0n) is 24.6. The monoisotopic (exact) mass is 625 g/mol. The number of nitrogens with two attached hydrogens (primary N) is 4. The third-order valence-corrected chi connectivity index (χ3v) is 7.25. The average Bonchev–Trinajstić information content (AvgIpc) is 3.38. The molecule has 2 unspecified atom stereocenters. The third-order valence-electron chi connectivity index (χ3n) is 6.97. The highest BCUT2D eigenvalue weighted by Crippen LogP contribution is 2.31. The second-order valence-electron chi connectivity index (χ2n) is 10.8. The van der Waals surface area contributed by atoms with Gasteiger partial charge < -0.3 is 38.4 Å². The van der Waals surface area contributed by atoms with Crippen molar-refractivity contribution in [3.8, 4) is 16.9 Å². The van der Waals surface area contributed by atoms with Gasteiger partial charge in [-0.15, -0.1) is 0 Å². The van der Waals surface area contributed by atoms with Crippen molar-refractivity contribution in [1.29, 1.82) is 0 Å². The number of H-pyrrole nitrogens is 1. The molecule has 0 bridgehead atoms. The van der Waals surface area contributed by atoms with E-state index >= 15 is 4.39 Å². The number of benzene rings is 2. The number of aromatic amines is 1. The lowest BCUT2D eigenvalue weighted by Gasteiger charge is -2.15. The molecule has 14 heteroatoms. The maximum atomic E-state index is 15.1. The zero-order chi connectivity index (χ0) is 31.8. The first kappa shape index (κ1) is 32.5. The Hall–Kier alpha value is -4.46. The van der Waals surface area contributed by atoms with Crippen LogP contribution in [0.15, 0.2) is 63.4 Å². The highest BCUT2D eigenvalue weighted by Gasteiger charge is 2.16. The molecular weight excluding hydrogens is 587 g/mol. The Morgan fingerprint density at radius 1 is 1.09 bits per heavy atom. The molecule has 234 valence electrons. The van der Waals surface area contributed by atoms with E-state index in [1.807, 2.05) is 12.1 Å². The summed E-state index contributed by atoms with van der Waals surface area (Å²) in [4.78, 5) is 28.2. The van der Waals surface area contributed by atoms with Crippen LogP contribution < -0.4 is 34.4 Å². The SMILES string of the molecule is CC([NH3+])CCCc1cc(Cl)c(F)c(-c2cc3cn(-c4ccc(COC(CCN=C(N)N)CN=C(N)N)cc4)c(=O)nc3[nH]2)c1. The van der Waals surface area contributed by atoms with Crippen LogP contribution in [-0.2, 0) is 17.8 Å². The Morgan fingerprint density at radius 3 is 2.50 bits per heavy atom. The molecule has 2 atom stereocenters. The van der Waals surface area contributed by atoms with Crippen LogP contribution in [0.5, 0.6) is 0 Å². The molecular formula is C30H39ClFN10O2+. The number of guanidine groups is 2. The second kappa shape index (κ2) is 14.8. The highest BCUT2D eigenvalue weighted by molar-refractivity contribution is 6.31. The Balaban J connectivity index is 1.51. The number of aliphatic imine (C=N–C) groups is 2. The van der Waals surface area contributed by atoms with Crippen molar-refractivity contribution in [3.63, 3.8) is 0 Å². The lowest BCUT2D eigenvalue weighted by molar-refractivity contribution is -0.415. The zero-order valence-corrected chi connectivity index (χ0v) is 25.4. The predicted molar refractivity (Wildman–Crippen MR) is 172 cm³/mol. The van der Waals surface area contributed by atoms with Gasteiger partial charge in [-0.1, -0.05) is 23.7 Å². The minimum absolute atomic E-state index is 0.00336. The number of hydrogen-bond donors (Lipinski definition) is 6. The Kier molecular flexibility index (Phi) is 10.9. The van der Waals surface area contributed by atoms with Crippen LogP contribution in [0, 0.1) is 5.82 Å². The van der Waals surface area contributed by atoms with E-state index in [0.29, 0.717) is 47.0 Å². The average molecular weight is 626 g/mol. The number of nitrogens with zero attached hydrogens (tertiary/aromatic N) is 4. The Labute approximate surface area is 259 Å². The molecule has 0 aliphatic rings. The van der Waals surface area contributed by atoms with E-state index in [1.165, 1.54) is 4.57 Å². The molecule has 12 N–H and O–H groups in total. The quantitative estimate of drug-likeness (QED) is 0.0903. The summed E-state index contributed by atoms with van der Waals surface area (Å²) < 4.78 is 22.5. The van der Waals surface area contributed by atoms with Gasteiger partial charge in [-0.2, -0.15) is 4.98 Å². The maximum absolute atomic E-state index is 15.1. The number of ether oxygens (including phenoxy) is 1. The van der Waals surface area contributed by atoms with E-state index in [4.69, 9.17) is 39.3 Å². The molecule has 0 fully saturated rings. The van der Waals surface area contributed by atoms with Crippen LogP contribution >= 0.6 is 11.6 Å². The van der Waals surface area contributed by atoms with E-state index in [2.05, 4.69) is 32.6 Å². The van der Waals surface area contributed by atoms with Gasteiger partial charge >= 0.3 is 5.69 Å². The topological polar surface area (TPSA) is 216 Å². The van der Waals surface area contributed by atoms with E-state index in [9.17, 15) is 4.79 Å². The molecule has 0 spiro atoms. The van der Waals surface area contributed by atoms with Crippen molar-refractivity contribution in [2.45, 2.75) is 51.4 Å². The molecule has 44 heavy (non-hydrogen) atoms. The van der Waals surface area contributed by atoms with Gasteiger partial charge in [0.2, 0.25) is 0 Å². The first-order valence-corrected chi connectivity index (χ1v) is 14.6. The van der Waals surface area contributed by atoms with Gasteiger partial charge in [0.25, 0.3) is 0 Å². The normalized spacial score (nSPS) is 12.6. The summed E-state index contributed by atoms with van der Waals surface area (Å²) in [6.45, 7) is 2.97. The Morgan fingerprint density at radius 2 is 1.82 bits per heavy atom. The minimum atomic E-state index is -0.530. The molecule has 12 nitrogen and oxygen atoms in total. The highest BCUT2D eigenvalue weighted by atomic mass is 35.5. The summed E-state index contributed by atoms with van der Waals surface area (Å²) in [5.74, 6) is -0.568. The molecule has 0 aliphatic carbocycles. The molecule has 0 saturated heterocycles. The molecule has 4 rings (SSSR count). The van der Waals surface area contributed by atoms with Crippen LogP contribution in [0.1, 0.15) is 37.3 Å². The van der Waals surface area contributed by atoms with Crippen molar-refractivity contribution >= 4 is 34.6 Å². The van der Waals surface area contributed by atoms with E-state index in [1.54, 1.807) is 36.5 Å². The van der Waals surface area contributed by atoms with Crippen LogP contribution in [0.3, 0.4) is 0 Å². The molecule has 0 aliphatic heterocycles. The molecule has 2 aromatic carbocycles. The summed E-state index contributed by atoms with van der Waals surface area (Å²) in [6.07, 6.45) is 4.51. The number of nitrogens with one attached hydrogen (secondary N) is 1. The van der Waals surface area contributed by atoms with Crippen molar-refractivity contribution in [2.24, 2.45) is 32.9 Å². The van der Waals surface area contributed by atoms with Crippen molar-refractivity contribution < 1.29 is 14.9 Å². The summed E-state index contributed by atoms with van der Waals surface area (Å²) >= 11 is 6.24. The van der Waals surface area contributed by atoms with E-state index in [0.717, 1.165) is 30.4 Å². The summed E-state index contributed by atoms with van der Waals surface area (Å²) in [5.41, 5.74) is 28.8. The van der Waals surface area contributed by atoms with Crippen LogP contribution in [0.2, 0.25) is 5.02 Å². The minimum Gasteiger partial charge on any atom is -0.372 e. The van der Waals surface area contributed by atoms with Gasteiger partial charge in [0.15, 0.2) is 17.7 Å². The van der Waals surface area contributed by atoms with Crippen LogP contribution in [0.25, 0.3) is 28.0 Å². The molecule has 2 heterocycles. The number of quaternary nitrogens is 1. The fraction of sp³-hybridized carbons (Fsp3) is 0.333. The number of fused-ring (bicyclic) bond motifs is 1. The maximum Gasteiger partial charge on any atom is 0.354 e.